The van der Waals surface area contributed by atoms with Crippen molar-refractivity contribution in [1.29, 1.82) is 0 Å². The number of aliphatic carboxylic acids is 1. The average Bonchev–Trinajstić information content (AvgIpc) is 2.48. The van der Waals surface area contributed by atoms with E-state index in [1.165, 1.54) is 0 Å². The van der Waals surface area contributed by atoms with Gasteiger partial charge in [-0.15, -0.1) is 0 Å². The predicted molar refractivity (Wildman–Crippen MR) is 90.6 cm³/mol. The van der Waals surface area contributed by atoms with Crippen molar-refractivity contribution < 1.29 is 19.4 Å². The highest BCUT2D eigenvalue weighted by Crippen LogP contribution is 2.08. The molecule has 1 unspecified atom stereocenters. The smallest absolute Gasteiger partial charge is 0.408 e. The Morgan fingerprint density at radius 3 is 2.62 bits per heavy atom. The van der Waals surface area contributed by atoms with Crippen molar-refractivity contribution in [2.75, 3.05) is 6.54 Å². The molecule has 0 saturated carbocycles. The van der Waals surface area contributed by atoms with Gasteiger partial charge in [-0.3, -0.25) is 4.98 Å². The van der Waals surface area contributed by atoms with E-state index < -0.39 is 23.7 Å². The summed E-state index contributed by atoms with van der Waals surface area (Å²) in [5.74, 6) is -1.05. The standard InChI is InChI=1S/C17H27N3O4/c1-17(2,3)24-16(23)20-14(15(21)22)9-5-6-10-18-12-13-8-4-7-11-19-13/h4,7-8,11,14,18H,5-6,9-10,12H2,1-3H3,(H,20,23)(H,21,22). The van der Waals surface area contributed by atoms with Crippen LogP contribution in [0.15, 0.2) is 24.4 Å². The first-order chi connectivity index (χ1) is 11.3. The summed E-state index contributed by atoms with van der Waals surface area (Å²) in [5.41, 5.74) is 0.315. The number of carboxylic acids is 1. The molecule has 0 aliphatic heterocycles. The topological polar surface area (TPSA) is 101 Å². The molecule has 1 aromatic heterocycles. The Kier molecular flexibility index (Phi) is 8.18. The van der Waals surface area contributed by atoms with Gasteiger partial charge in [0.2, 0.25) is 0 Å². The van der Waals surface area contributed by atoms with Crippen LogP contribution in [0.2, 0.25) is 0 Å². The van der Waals surface area contributed by atoms with E-state index in [0.717, 1.165) is 18.7 Å². The van der Waals surface area contributed by atoms with Crippen molar-refractivity contribution >= 4 is 12.1 Å². The molecule has 0 saturated heterocycles. The van der Waals surface area contributed by atoms with Crippen LogP contribution in [0, 0.1) is 0 Å². The number of carboxylic acid groups (broad SMARTS) is 1. The van der Waals surface area contributed by atoms with E-state index in [9.17, 15) is 14.7 Å². The molecular weight excluding hydrogens is 310 g/mol. The molecule has 0 aliphatic rings. The SMILES string of the molecule is CC(C)(C)OC(=O)NC(CCCCNCc1ccccn1)C(=O)O. The van der Waals surface area contributed by atoms with Crippen LogP contribution in [0.3, 0.4) is 0 Å². The second-order valence-corrected chi connectivity index (χ2v) is 6.53. The highest BCUT2D eigenvalue weighted by Gasteiger charge is 2.23. The lowest BCUT2D eigenvalue weighted by molar-refractivity contribution is -0.139. The van der Waals surface area contributed by atoms with Crippen molar-refractivity contribution in [3.05, 3.63) is 30.1 Å². The van der Waals surface area contributed by atoms with Gasteiger partial charge in [-0.05, 0) is 58.7 Å². The molecule has 1 atom stereocenters. The number of rotatable bonds is 9. The Labute approximate surface area is 142 Å². The van der Waals surface area contributed by atoms with Crippen molar-refractivity contribution in [3.63, 3.8) is 0 Å². The number of alkyl carbamates (subject to hydrolysis) is 1. The summed E-state index contributed by atoms with van der Waals surface area (Å²) in [5, 5.41) is 14.8. The number of amides is 1. The molecule has 1 amide bonds. The molecule has 1 heterocycles. The Morgan fingerprint density at radius 2 is 2.04 bits per heavy atom. The van der Waals surface area contributed by atoms with Crippen LogP contribution in [-0.4, -0.2) is 40.3 Å². The summed E-state index contributed by atoms with van der Waals surface area (Å²) in [6, 6.07) is 4.81. The minimum Gasteiger partial charge on any atom is -0.480 e. The number of carbonyl (C=O) groups is 2. The molecule has 0 fully saturated rings. The largest absolute Gasteiger partial charge is 0.480 e. The summed E-state index contributed by atoms with van der Waals surface area (Å²) in [4.78, 5) is 27.1. The molecule has 3 N–H and O–H groups in total. The minimum absolute atomic E-state index is 0.361. The molecule has 0 spiro atoms. The normalized spacial score (nSPS) is 12.5. The van der Waals surface area contributed by atoms with E-state index in [2.05, 4.69) is 15.6 Å². The fraction of sp³-hybridized carbons (Fsp3) is 0.588. The van der Waals surface area contributed by atoms with Crippen LogP contribution in [0.5, 0.6) is 0 Å². The molecule has 24 heavy (non-hydrogen) atoms. The third-order valence-corrected chi connectivity index (χ3v) is 3.12. The van der Waals surface area contributed by atoms with Gasteiger partial charge < -0.3 is 20.5 Å². The molecule has 134 valence electrons. The Hall–Kier alpha value is -2.15. The Bertz CT molecular complexity index is 514. The monoisotopic (exact) mass is 337 g/mol. The van der Waals surface area contributed by atoms with E-state index in [1.807, 2.05) is 18.2 Å². The van der Waals surface area contributed by atoms with Gasteiger partial charge in [0.1, 0.15) is 11.6 Å². The maximum Gasteiger partial charge on any atom is 0.408 e. The quantitative estimate of drug-likeness (QED) is 0.598. The van der Waals surface area contributed by atoms with Gasteiger partial charge in [0.25, 0.3) is 0 Å². The van der Waals surface area contributed by atoms with Gasteiger partial charge in [0.15, 0.2) is 0 Å². The second-order valence-electron chi connectivity index (χ2n) is 6.53. The van der Waals surface area contributed by atoms with Crippen LogP contribution in [-0.2, 0) is 16.1 Å². The second kappa shape index (κ2) is 9.87. The van der Waals surface area contributed by atoms with E-state index in [-0.39, 0.29) is 0 Å². The lowest BCUT2D eigenvalue weighted by atomic mass is 10.1. The maximum absolute atomic E-state index is 11.6. The molecule has 1 rings (SSSR count). The summed E-state index contributed by atoms with van der Waals surface area (Å²) in [7, 11) is 0. The van der Waals surface area contributed by atoms with E-state index in [0.29, 0.717) is 19.4 Å². The van der Waals surface area contributed by atoms with E-state index in [1.54, 1.807) is 27.0 Å². The number of hydrogen-bond donors (Lipinski definition) is 3. The molecular formula is C17H27N3O4. The first kappa shape index (κ1) is 19.9. The molecule has 7 heteroatoms. The lowest BCUT2D eigenvalue weighted by Crippen LogP contribution is -2.43. The number of nitrogens with zero attached hydrogens (tertiary/aromatic N) is 1. The fourth-order valence-electron chi connectivity index (χ4n) is 2.02. The zero-order valence-electron chi connectivity index (χ0n) is 14.5. The number of unbranched alkanes of at least 4 members (excludes halogenated alkanes) is 1. The molecule has 0 bridgehead atoms. The van der Waals surface area contributed by atoms with E-state index >= 15 is 0 Å². The van der Waals surface area contributed by atoms with Gasteiger partial charge in [-0.1, -0.05) is 6.07 Å². The van der Waals surface area contributed by atoms with Crippen LogP contribution < -0.4 is 10.6 Å². The summed E-state index contributed by atoms with van der Waals surface area (Å²) in [6.07, 6.45) is 2.90. The van der Waals surface area contributed by atoms with Crippen molar-refractivity contribution in [3.8, 4) is 0 Å². The third kappa shape index (κ3) is 9.09. The molecule has 1 aromatic rings. The van der Waals surface area contributed by atoms with Crippen molar-refractivity contribution in [2.24, 2.45) is 0 Å². The van der Waals surface area contributed by atoms with Gasteiger partial charge in [-0.25, -0.2) is 9.59 Å². The number of hydrogen-bond acceptors (Lipinski definition) is 5. The highest BCUT2D eigenvalue weighted by atomic mass is 16.6. The number of pyridine rings is 1. The number of nitrogens with one attached hydrogen (secondary N) is 2. The van der Waals surface area contributed by atoms with Crippen LogP contribution >= 0.6 is 0 Å². The zero-order chi connectivity index (χ0) is 18.0. The maximum atomic E-state index is 11.6. The molecule has 7 nitrogen and oxygen atoms in total. The number of ether oxygens (including phenoxy) is 1. The first-order valence-electron chi connectivity index (χ1n) is 8.11. The fourth-order valence-corrected chi connectivity index (χ4v) is 2.02. The van der Waals surface area contributed by atoms with Gasteiger partial charge >= 0.3 is 12.1 Å². The Balaban J connectivity index is 2.22. The van der Waals surface area contributed by atoms with Crippen molar-refractivity contribution in [2.45, 2.75) is 58.2 Å². The highest BCUT2D eigenvalue weighted by molar-refractivity contribution is 5.79. The van der Waals surface area contributed by atoms with Gasteiger partial charge in [-0.2, -0.15) is 0 Å². The minimum atomic E-state index is -1.05. The summed E-state index contributed by atoms with van der Waals surface area (Å²) in [6.45, 7) is 6.63. The molecule has 0 aliphatic carbocycles. The molecule has 0 radical (unpaired) electrons. The summed E-state index contributed by atoms with van der Waals surface area (Å²) >= 11 is 0. The third-order valence-electron chi connectivity index (χ3n) is 3.12. The first-order valence-corrected chi connectivity index (χ1v) is 8.11. The van der Waals surface area contributed by atoms with Crippen LogP contribution in [0.25, 0.3) is 0 Å². The lowest BCUT2D eigenvalue weighted by Gasteiger charge is -2.22. The van der Waals surface area contributed by atoms with Crippen LogP contribution in [0.4, 0.5) is 4.79 Å². The van der Waals surface area contributed by atoms with Crippen molar-refractivity contribution in [1.82, 2.24) is 15.6 Å². The number of aromatic nitrogens is 1. The zero-order valence-corrected chi connectivity index (χ0v) is 14.5. The average molecular weight is 337 g/mol. The summed E-state index contributed by atoms with van der Waals surface area (Å²) < 4.78 is 5.08. The number of carbonyl (C=O) groups excluding carboxylic acids is 1. The Morgan fingerprint density at radius 1 is 1.29 bits per heavy atom. The molecule has 0 aromatic carbocycles. The van der Waals surface area contributed by atoms with E-state index in [4.69, 9.17) is 4.74 Å². The van der Waals surface area contributed by atoms with Gasteiger partial charge in [0.05, 0.1) is 5.69 Å². The van der Waals surface area contributed by atoms with Crippen LogP contribution in [0.1, 0.15) is 45.7 Å². The predicted octanol–water partition coefficient (Wildman–Crippen LogP) is 2.32. The van der Waals surface area contributed by atoms with Gasteiger partial charge in [0, 0.05) is 12.7 Å².